The Morgan fingerprint density at radius 1 is 0.553 bits per heavy atom. The molecule has 230 valence electrons. The van der Waals surface area contributed by atoms with Gasteiger partial charge in [0.25, 0.3) is 0 Å². The van der Waals surface area contributed by atoms with E-state index in [-0.39, 0.29) is 0 Å². The van der Waals surface area contributed by atoms with Gasteiger partial charge in [-0.2, -0.15) is 0 Å². The number of halogens is 1. The molecule has 1 saturated heterocycles. The Labute approximate surface area is 278 Å². The molecule has 47 heavy (non-hydrogen) atoms. The first-order chi connectivity index (χ1) is 22.7. The minimum Gasteiger partial charge on any atom is -0.456 e. The number of fused-ring (bicyclic) bond motifs is 3. The van der Waals surface area contributed by atoms with Gasteiger partial charge in [0.1, 0.15) is 11.2 Å². The molecular formula is C39H31BClN3O3. The standard InChI is InChI=1S/C39H31BClN3O3/c1-38(2)39(3,4)47-40(46-38)31-18-9-8-16-28(31)25-20-21-32-30(23-25)34-29(17-11-19-33(34)45-32)37-43-35(24-12-6-5-7-13-24)42-36(44-37)26-14-10-15-27(41)22-26/h5-23H,1-4H3. The van der Waals surface area contributed by atoms with Crippen molar-refractivity contribution in [2.75, 3.05) is 0 Å². The van der Waals surface area contributed by atoms with Gasteiger partial charge in [-0.3, -0.25) is 0 Å². The Bertz CT molecular complexity index is 2290. The number of hydrogen-bond acceptors (Lipinski definition) is 6. The normalized spacial score (nSPS) is 15.5. The molecule has 0 amide bonds. The molecule has 0 radical (unpaired) electrons. The predicted octanol–water partition coefficient (Wildman–Crippen LogP) is 9.39. The molecule has 0 spiro atoms. The molecule has 5 aromatic carbocycles. The van der Waals surface area contributed by atoms with Crippen LogP contribution in [0.3, 0.4) is 0 Å². The first-order valence-corrected chi connectivity index (χ1v) is 16.0. The monoisotopic (exact) mass is 635 g/mol. The summed E-state index contributed by atoms with van der Waals surface area (Å²) < 4.78 is 19.3. The van der Waals surface area contributed by atoms with E-state index < -0.39 is 18.3 Å². The van der Waals surface area contributed by atoms with E-state index in [9.17, 15) is 0 Å². The van der Waals surface area contributed by atoms with Crippen LogP contribution in [0.15, 0.2) is 120 Å². The lowest BCUT2D eigenvalue weighted by molar-refractivity contribution is 0.00578. The van der Waals surface area contributed by atoms with E-state index in [1.54, 1.807) is 0 Å². The van der Waals surface area contributed by atoms with Crippen LogP contribution in [0.4, 0.5) is 0 Å². The van der Waals surface area contributed by atoms with Gasteiger partial charge in [0, 0.05) is 32.5 Å². The first-order valence-electron chi connectivity index (χ1n) is 15.6. The van der Waals surface area contributed by atoms with Crippen molar-refractivity contribution in [1.29, 1.82) is 0 Å². The van der Waals surface area contributed by atoms with Crippen LogP contribution in [0.1, 0.15) is 27.7 Å². The summed E-state index contributed by atoms with van der Waals surface area (Å²) in [4.78, 5) is 14.9. The van der Waals surface area contributed by atoms with E-state index in [4.69, 9.17) is 40.3 Å². The Balaban J connectivity index is 1.31. The van der Waals surface area contributed by atoms with Crippen molar-refractivity contribution in [2.24, 2.45) is 0 Å². The van der Waals surface area contributed by atoms with Crippen LogP contribution in [0.2, 0.25) is 5.02 Å². The molecule has 7 aromatic rings. The highest BCUT2D eigenvalue weighted by molar-refractivity contribution is 6.63. The Kier molecular flexibility index (Phi) is 7.03. The van der Waals surface area contributed by atoms with Crippen LogP contribution in [0, 0.1) is 0 Å². The zero-order valence-electron chi connectivity index (χ0n) is 26.5. The minimum atomic E-state index is -0.491. The summed E-state index contributed by atoms with van der Waals surface area (Å²) >= 11 is 6.38. The van der Waals surface area contributed by atoms with Gasteiger partial charge >= 0.3 is 7.12 Å². The quantitative estimate of drug-likeness (QED) is 0.176. The Morgan fingerprint density at radius 2 is 1.19 bits per heavy atom. The van der Waals surface area contributed by atoms with E-state index >= 15 is 0 Å². The zero-order chi connectivity index (χ0) is 32.3. The molecule has 1 aliphatic heterocycles. The van der Waals surface area contributed by atoms with Crippen LogP contribution < -0.4 is 5.46 Å². The molecule has 1 fully saturated rings. The van der Waals surface area contributed by atoms with E-state index in [0.717, 1.165) is 55.2 Å². The van der Waals surface area contributed by atoms with Crippen molar-refractivity contribution in [1.82, 2.24) is 15.0 Å². The number of benzene rings is 5. The van der Waals surface area contributed by atoms with E-state index in [2.05, 4.69) is 52.0 Å². The second-order valence-corrected chi connectivity index (χ2v) is 13.3. The summed E-state index contributed by atoms with van der Waals surface area (Å²) in [7, 11) is -0.491. The molecule has 0 saturated carbocycles. The summed E-state index contributed by atoms with van der Waals surface area (Å²) in [6, 6.07) is 38.0. The largest absolute Gasteiger partial charge is 0.495 e. The van der Waals surface area contributed by atoms with Gasteiger partial charge < -0.3 is 13.7 Å². The zero-order valence-corrected chi connectivity index (χ0v) is 27.2. The average Bonchev–Trinajstić information content (AvgIpc) is 3.56. The number of rotatable bonds is 5. The van der Waals surface area contributed by atoms with Gasteiger partial charge in [0.05, 0.1) is 11.2 Å². The van der Waals surface area contributed by atoms with Gasteiger partial charge in [-0.25, -0.2) is 15.0 Å². The smallest absolute Gasteiger partial charge is 0.456 e. The van der Waals surface area contributed by atoms with Crippen molar-refractivity contribution in [3.05, 3.63) is 120 Å². The van der Waals surface area contributed by atoms with Gasteiger partial charge in [-0.05, 0) is 74.6 Å². The number of nitrogens with zero attached hydrogens (tertiary/aromatic N) is 3. The van der Waals surface area contributed by atoms with Gasteiger partial charge in [0.15, 0.2) is 17.5 Å². The number of furan rings is 1. The fourth-order valence-corrected chi connectivity index (χ4v) is 6.28. The second-order valence-electron chi connectivity index (χ2n) is 12.8. The molecule has 6 nitrogen and oxygen atoms in total. The highest BCUT2D eigenvalue weighted by Crippen LogP contribution is 2.40. The molecule has 0 N–H and O–H groups in total. The van der Waals surface area contributed by atoms with Crippen molar-refractivity contribution >= 4 is 46.1 Å². The van der Waals surface area contributed by atoms with Crippen molar-refractivity contribution in [2.45, 2.75) is 38.9 Å². The van der Waals surface area contributed by atoms with Crippen molar-refractivity contribution < 1.29 is 13.7 Å². The molecule has 0 bridgehead atoms. The van der Waals surface area contributed by atoms with Crippen LogP contribution in [-0.4, -0.2) is 33.3 Å². The molecule has 3 heterocycles. The Hall–Kier alpha value is -4.82. The highest BCUT2D eigenvalue weighted by Gasteiger charge is 2.52. The van der Waals surface area contributed by atoms with Crippen molar-refractivity contribution in [3.8, 4) is 45.3 Å². The summed E-state index contributed by atoms with van der Waals surface area (Å²) in [5.74, 6) is 1.66. The fourth-order valence-electron chi connectivity index (χ4n) is 6.09. The Morgan fingerprint density at radius 3 is 1.96 bits per heavy atom. The SMILES string of the molecule is CC1(C)OB(c2ccccc2-c2ccc3oc4cccc(-c5nc(-c6ccccc6)nc(-c6cccc(Cl)c6)n5)c4c3c2)OC1(C)C. The van der Waals surface area contributed by atoms with Crippen molar-refractivity contribution in [3.63, 3.8) is 0 Å². The van der Waals surface area contributed by atoms with E-state index in [1.165, 1.54) is 0 Å². The average molecular weight is 636 g/mol. The molecule has 1 aliphatic rings. The summed E-state index contributed by atoms with van der Waals surface area (Å²) in [6.45, 7) is 8.29. The summed E-state index contributed by atoms with van der Waals surface area (Å²) in [6.07, 6.45) is 0. The molecule has 2 aromatic heterocycles. The number of aromatic nitrogens is 3. The maximum Gasteiger partial charge on any atom is 0.495 e. The topological polar surface area (TPSA) is 70.3 Å². The lowest BCUT2D eigenvalue weighted by Crippen LogP contribution is -2.41. The van der Waals surface area contributed by atoms with Gasteiger partial charge in [0.2, 0.25) is 0 Å². The summed E-state index contributed by atoms with van der Waals surface area (Å²) in [5, 5.41) is 2.50. The van der Waals surface area contributed by atoms with Crippen LogP contribution in [0.5, 0.6) is 0 Å². The van der Waals surface area contributed by atoms with Crippen LogP contribution >= 0.6 is 11.6 Å². The third-order valence-electron chi connectivity index (χ3n) is 9.27. The third kappa shape index (κ3) is 5.21. The second kappa shape index (κ2) is 11.2. The highest BCUT2D eigenvalue weighted by atomic mass is 35.5. The predicted molar refractivity (Wildman–Crippen MR) is 190 cm³/mol. The molecule has 0 atom stereocenters. The van der Waals surface area contributed by atoms with Crippen LogP contribution in [-0.2, 0) is 9.31 Å². The molecule has 8 heteroatoms. The lowest BCUT2D eigenvalue weighted by atomic mass is 9.74. The molecule has 0 aliphatic carbocycles. The van der Waals surface area contributed by atoms with Crippen LogP contribution in [0.25, 0.3) is 67.2 Å². The minimum absolute atomic E-state index is 0.447. The van der Waals surface area contributed by atoms with E-state index in [0.29, 0.717) is 22.5 Å². The molecule has 0 unspecified atom stereocenters. The third-order valence-corrected chi connectivity index (χ3v) is 9.50. The summed E-state index contributed by atoms with van der Waals surface area (Å²) in [5.41, 5.74) is 6.23. The number of hydrogen-bond donors (Lipinski definition) is 0. The molecule has 8 rings (SSSR count). The first kappa shape index (κ1) is 29.6. The lowest BCUT2D eigenvalue weighted by Gasteiger charge is -2.32. The van der Waals surface area contributed by atoms with Gasteiger partial charge in [-0.1, -0.05) is 96.5 Å². The maximum absolute atomic E-state index is 6.46. The van der Waals surface area contributed by atoms with E-state index in [1.807, 2.05) is 91.0 Å². The molecular weight excluding hydrogens is 605 g/mol. The fraction of sp³-hybridized carbons (Fsp3) is 0.154. The maximum atomic E-state index is 6.46. The van der Waals surface area contributed by atoms with Gasteiger partial charge in [-0.15, -0.1) is 0 Å².